The first-order valence-electron chi connectivity index (χ1n) is 7.40. The van der Waals surface area contributed by atoms with Gasteiger partial charge in [0, 0.05) is 19.0 Å². The fourth-order valence-corrected chi connectivity index (χ4v) is 3.41. The van der Waals surface area contributed by atoms with Gasteiger partial charge < -0.3 is 9.88 Å². The first-order chi connectivity index (χ1) is 10.2. The van der Waals surface area contributed by atoms with Crippen LogP contribution in [0.25, 0.3) is 11.0 Å². The second kappa shape index (κ2) is 6.10. The number of hydrogen-bond donors (Lipinski definition) is 1. The van der Waals surface area contributed by atoms with Gasteiger partial charge in [-0.2, -0.15) is 11.8 Å². The summed E-state index contributed by atoms with van der Waals surface area (Å²) in [7, 11) is 0. The number of rotatable bonds is 3. The van der Waals surface area contributed by atoms with Gasteiger partial charge in [-0.1, -0.05) is 6.07 Å². The fraction of sp³-hybridized carbons (Fsp3) is 0.500. The van der Waals surface area contributed by atoms with Crippen LogP contribution in [0.5, 0.6) is 0 Å². The van der Waals surface area contributed by atoms with Crippen LogP contribution >= 0.6 is 11.8 Å². The molecule has 1 aliphatic rings. The molecule has 1 fully saturated rings. The van der Waals surface area contributed by atoms with Crippen molar-refractivity contribution in [1.82, 2.24) is 14.9 Å². The van der Waals surface area contributed by atoms with Crippen molar-refractivity contribution >= 4 is 28.7 Å². The van der Waals surface area contributed by atoms with Gasteiger partial charge in [0.05, 0.1) is 16.8 Å². The van der Waals surface area contributed by atoms with Crippen molar-refractivity contribution in [2.75, 3.05) is 25.1 Å². The minimum atomic E-state index is 0.249. The van der Waals surface area contributed by atoms with Crippen LogP contribution in [0.2, 0.25) is 0 Å². The topological polar surface area (TPSA) is 49.0 Å². The Balaban J connectivity index is 1.79. The van der Waals surface area contributed by atoms with Crippen molar-refractivity contribution in [1.29, 1.82) is 0 Å². The zero-order valence-corrected chi connectivity index (χ0v) is 13.4. The highest BCUT2D eigenvalue weighted by Crippen LogP contribution is 2.27. The second-order valence-corrected chi connectivity index (χ2v) is 6.62. The molecule has 1 atom stereocenters. The standard InChI is InChI=1S/C16H21N3OS/c1-11-5-6-13-14(8-11)18-16(17-13)12-4-3-7-19(9-12)15(20)10-21-2/h5-6,8,12H,3-4,7,9-10H2,1-2H3,(H,17,18). The zero-order valence-electron chi connectivity index (χ0n) is 12.6. The molecule has 1 saturated heterocycles. The van der Waals surface area contributed by atoms with Crippen molar-refractivity contribution in [3.8, 4) is 0 Å². The summed E-state index contributed by atoms with van der Waals surface area (Å²) in [6.07, 6.45) is 4.13. The second-order valence-electron chi connectivity index (χ2n) is 5.75. The molecule has 112 valence electrons. The van der Waals surface area contributed by atoms with Crippen LogP contribution in [0.3, 0.4) is 0 Å². The van der Waals surface area contributed by atoms with Crippen LogP contribution in [0.1, 0.15) is 30.1 Å². The molecule has 0 bridgehead atoms. The number of H-pyrrole nitrogens is 1. The molecule has 1 aromatic carbocycles. The van der Waals surface area contributed by atoms with Crippen LogP contribution in [0.15, 0.2) is 18.2 Å². The van der Waals surface area contributed by atoms with Gasteiger partial charge in [0.1, 0.15) is 5.82 Å². The maximum absolute atomic E-state index is 12.1. The van der Waals surface area contributed by atoms with E-state index in [0.717, 1.165) is 42.8 Å². The van der Waals surface area contributed by atoms with E-state index >= 15 is 0 Å². The molecule has 0 spiro atoms. The van der Waals surface area contributed by atoms with Crippen LogP contribution in [0.4, 0.5) is 0 Å². The Bertz CT molecular complexity index is 652. The third-order valence-corrected chi connectivity index (χ3v) is 4.62. The Morgan fingerprint density at radius 3 is 3.19 bits per heavy atom. The van der Waals surface area contributed by atoms with E-state index in [4.69, 9.17) is 4.98 Å². The van der Waals surface area contributed by atoms with Gasteiger partial charge in [-0.3, -0.25) is 4.79 Å². The molecule has 1 aliphatic heterocycles. The molecule has 2 heterocycles. The van der Waals surface area contributed by atoms with Gasteiger partial charge in [0.25, 0.3) is 0 Å². The molecule has 4 nitrogen and oxygen atoms in total. The average molecular weight is 303 g/mol. The smallest absolute Gasteiger partial charge is 0.232 e. The lowest BCUT2D eigenvalue weighted by molar-refractivity contribution is -0.129. The summed E-state index contributed by atoms with van der Waals surface area (Å²) < 4.78 is 0. The van der Waals surface area contributed by atoms with Gasteiger partial charge >= 0.3 is 0 Å². The van der Waals surface area contributed by atoms with E-state index in [2.05, 4.69) is 30.1 Å². The Kier molecular flexibility index (Phi) is 4.19. The van der Waals surface area contributed by atoms with Gasteiger partial charge in [-0.15, -0.1) is 0 Å². The number of aryl methyl sites for hydroxylation is 1. The SMILES string of the molecule is CSCC(=O)N1CCCC(c2nc3ccc(C)cc3[nH]2)C1. The highest BCUT2D eigenvalue weighted by molar-refractivity contribution is 7.99. The number of imidazole rings is 1. The van der Waals surface area contributed by atoms with Crippen molar-refractivity contribution in [2.45, 2.75) is 25.7 Å². The third kappa shape index (κ3) is 3.07. The lowest BCUT2D eigenvalue weighted by Crippen LogP contribution is -2.40. The number of thioether (sulfide) groups is 1. The number of likely N-dealkylation sites (tertiary alicyclic amines) is 1. The summed E-state index contributed by atoms with van der Waals surface area (Å²) in [6, 6.07) is 6.28. The van der Waals surface area contributed by atoms with Crippen LogP contribution < -0.4 is 0 Å². The number of benzene rings is 1. The summed E-state index contributed by atoms with van der Waals surface area (Å²) in [5, 5.41) is 0. The van der Waals surface area contributed by atoms with Crippen molar-refractivity contribution < 1.29 is 4.79 Å². The van der Waals surface area contributed by atoms with E-state index in [1.807, 2.05) is 11.2 Å². The number of aromatic amines is 1. The number of hydrogen-bond acceptors (Lipinski definition) is 3. The van der Waals surface area contributed by atoms with Gasteiger partial charge in [0.2, 0.25) is 5.91 Å². The predicted molar refractivity (Wildman–Crippen MR) is 87.8 cm³/mol. The van der Waals surface area contributed by atoms with Crippen molar-refractivity contribution in [3.63, 3.8) is 0 Å². The largest absolute Gasteiger partial charge is 0.342 e. The number of carbonyl (C=O) groups is 1. The normalized spacial score (nSPS) is 19.1. The van der Waals surface area contributed by atoms with Crippen LogP contribution in [0, 0.1) is 6.92 Å². The number of fused-ring (bicyclic) bond motifs is 1. The molecule has 1 N–H and O–H groups in total. The lowest BCUT2D eigenvalue weighted by atomic mass is 9.97. The molecule has 21 heavy (non-hydrogen) atoms. The molecule has 0 radical (unpaired) electrons. The van der Waals surface area contributed by atoms with E-state index < -0.39 is 0 Å². The van der Waals surface area contributed by atoms with Crippen molar-refractivity contribution in [3.05, 3.63) is 29.6 Å². The van der Waals surface area contributed by atoms with E-state index in [1.165, 1.54) is 5.56 Å². The van der Waals surface area contributed by atoms with Gasteiger partial charge in [-0.05, 0) is 43.7 Å². The average Bonchev–Trinajstić information content (AvgIpc) is 2.90. The fourth-order valence-electron chi connectivity index (χ4n) is 2.98. The van der Waals surface area contributed by atoms with Crippen molar-refractivity contribution in [2.24, 2.45) is 0 Å². The molecule has 1 unspecified atom stereocenters. The van der Waals surface area contributed by atoms with Crippen LogP contribution in [-0.2, 0) is 4.79 Å². The van der Waals surface area contributed by atoms with Gasteiger partial charge in [0.15, 0.2) is 0 Å². The minimum Gasteiger partial charge on any atom is -0.342 e. The van der Waals surface area contributed by atoms with E-state index in [1.54, 1.807) is 11.8 Å². The number of amides is 1. The maximum Gasteiger partial charge on any atom is 0.232 e. The molecular formula is C16H21N3OS. The molecule has 1 aromatic heterocycles. The molecular weight excluding hydrogens is 282 g/mol. The summed E-state index contributed by atoms with van der Waals surface area (Å²) in [5.74, 6) is 2.18. The van der Waals surface area contributed by atoms with E-state index in [9.17, 15) is 4.79 Å². The summed E-state index contributed by atoms with van der Waals surface area (Å²) in [6.45, 7) is 3.76. The number of nitrogens with one attached hydrogen (secondary N) is 1. The zero-order chi connectivity index (χ0) is 14.8. The summed E-state index contributed by atoms with van der Waals surface area (Å²) >= 11 is 1.59. The lowest BCUT2D eigenvalue weighted by Gasteiger charge is -2.31. The first kappa shape index (κ1) is 14.4. The Labute approximate surface area is 129 Å². The Morgan fingerprint density at radius 1 is 1.52 bits per heavy atom. The summed E-state index contributed by atoms with van der Waals surface area (Å²) in [5.41, 5.74) is 3.35. The number of piperidine rings is 1. The van der Waals surface area contributed by atoms with E-state index in [-0.39, 0.29) is 5.91 Å². The highest BCUT2D eigenvalue weighted by Gasteiger charge is 2.26. The monoisotopic (exact) mass is 303 g/mol. The molecule has 2 aromatic rings. The minimum absolute atomic E-state index is 0.249. The number of nitrogens with zero attached hydrogens (tertiary/aromatic N) is 2. The van der Waals surface area contributed by atoms with Gasteiger partial charge in [-0.25, -0.2) is 4.98 Å². The third-order valence-electron chi connectivity index (χ3n) is 4.08. The molecule has 0 aliphatic carbocycles. The Morgan fingerprint density at radius 2 is 2.38 bits per heavy atom. The maximum atomic E-state index is 12.1. The highest BCUT2D eigenvalue weighted by atomic mass is 32.2. The number of carbonyl (C=O) groups excluding carboxylic acids is 1. The Hall–Kier alpha value is -1.49. The quantitative estimate of drug-likeness (QED) is 0.948. The predicted octanol–water partition coefficient (Wildman–Crippen LogP) is 2.94. The number of aromatic nitrogens is 2. The molecule has 0 saturated carbocycles. The molecule has 5 heteroatoms. The molecule has 1 amide bonds. The van der Waals surface area contributed by atoms with Crippen LogP contribution in [-0.4, -0.2) is 45.9 Å². The molecule has 3 rings (SSSR count). The first-order valence-corrected chi connectivity index (χ1v) is 8.79. The van der Waals surface area contributed by atoms with E-state index in [0.29, 0.717) is 11.7 Å². The summed E-state index contributed by atoms with van der Waals surface area (Å²) in [4.78, 5) is 22.2.